The molecule has 2 atom stereocenters. The second-order valence-corrected chi connectivity index (χ2v) is 6.81. The summed E-state index contributed by atoms with van der Waals surface area (Å²) < 4.78 is 5.36. The first-order valence-electron chi connectivity index (χ1n) is 8.64. The van der Waals surface area contributed by atoms with Crippen molar-refractivity contribution in [1.29, 1.82) is 0 Å². The lowest BCUT2D eigenvalue weighted by Gasteiger charge is -2.17. The summed E-state index contributed by atoms with van der Waals surface area (Å²) in [5.41, 5.74) is 2.79. The number of fused-ring (bicyclic) bond motifs is 1. The van der Waals surface area contributed by atoms with Gasteiger partial charge in [-0.15, -0.1) is 0 Å². The van der Waals surface area contributed by atoms with Gasteiger partial charge in [0.1, 0.15) is 5.75 Å². The fraction of sp³-hybridized carbons (Fsp3) is 0.400. The zero-order chi connectivity index (χ0) is 16.5. The van der Waals surface area contributed by atoms with Crippen LogP contribution in [0.25, 0.3) is 11.1 Å². The molecule has 0 unspecified atom stereocenters. The SMILES string of the molecule is COc1cnccc1-c1ccc(C(=O)N2C[C@H]3CCC[C@H]3C2)cc1. The highest BCUT2D eigenvalue weighted by molar-refractivity contribution is 5.95. The van der Waals surface area contributed by atoms with Crippen LogP contribution in [0.4, 0.5) is 0 Å². The summed E-state index contributed by atoms with van der Waals surface area (Å²) in [5.74, 6) is 2.37. The Balaban J connectivity index is 1.52. The lowest BCUT2D eigenvalue weighted by atomic mass is 10.0. The molecule has 2 fully saturated rings. The third-order valence-electron chi connectivity index (χ3n) is 5.46. The first-order chi connectivity index (χ1) is 11.8. The van der Waals surface area contributed by atoms with Crippen molar-refractivity contribution in [2.24, 2.45) is 11.8 Å². The molecule has 1 aromatic carbocycles. The van der Waals surface area contributed by atoms with Gasteiger partial charge in [-0.1, -0.05) is 18.6 Å². The van der Waals surface area contributed by atoms with E-state index in [4.69, 9.17) is 4.74 Å². The topological polar surface area (TPSA) is 42.4 Å². The molecule has 0 bridgehead atoms. The molecule has 1 aliphatic heterocycles. The van der Waals surface area contributed by atoms with Gasteiger partial charge in [0.15, 0.2) is 0 Å². The second-order valence-electron chi connectivity index (χ2n) is 6.81. The van der Waals surface area contributed by atoms with Gasteiger partial charge in [-0.25, -0.2) is 0 Å². The highest BCUT2D eigenvalue weighted by Gasteiger charge is 2.38. The highest BCUT2D eigenvalue weighted by Crippen LogP contribution is 2.38. The molecule has 1 aliphatic carbocycles. The van der Waals surface area contributed by atoms with E-state index in [1.165, 1.54) is 19.3 Å². The fourth-order valence-electron chi connectivity index (χ4n) is 4.16. The summed E-state index contributed by atoms with van der Waals surface area (Å²) in [4.78, 5) is 18.9. The van der Waals surface area contributed by atoms with Crippen molar-refractivity contribution < 1.29 is 9.53 Å². The number of rotatable bonds is 3. The van der Waals surface area contributed by atoms with E-state index >= 15 is 0 Å². The molecule has 4 heteroatoms. The van der Waals surface area contributed by atoms with Crippen LogP contribution in [0.15, 0.2) is 42.7 Å². The van der Waals surface area contributed by atoms with Crippen molar-refractivity contribution in [2.45, 2.75) is 19.3 Å². The van der Waals surface area contributed by atoms with E-state index < -0.39 is 0 Å². The van der Waals surface area contributed by atoms with E-state index in [1.807, 2.05) is 35.2 Å². The van der Waals surface area contributed by atoms with Gasteiger partial charge in [-0.3, -0.25) is 9.78 Å². The summed E-state index contributed by atoms with van der Waals surface area (Å²) >= 11 is 0. The lowest BCUT2D eigenvalue weighted by Crippen LogP contribution is -2.29. The van der Waals surface area contributed by atoms with Crippen LogP contribution in [0.2, 0.25) is 0 Å². The molecule has 2 heterocycles. The molecule has 0 spiro atoms. The number of hydrogen-bond donors (Lipinski definition) is 0. The van der Waals surface area contributed by atoms with Crippen molar-refractivity contribution in [3.05, 3.63) is 48.3 Å². The molecule has 1 saturated heterocycles. The predicted molar refractivity (Wildman–Crippen MR) is 93.0 cm³/mol. The minimum Gasteiger partial charge on any atom is -0.494 e. The molecule has 1 amide bonds. The van der Waals surface area contributed by atoms with E-state index in [-0.39, 0.29) is 5.91 Å². The first kappa shape index (κ1) is 15.2. The number of benzene rings is 1. The molecule has 4 nitrogen and oxygen atoms in total. The predicted octanol–water partition coefficient (Wildman–Crippen LogP) is 3.63. The molecular formula is C20H22N2O2. The number of hydrogen-bond acceptors (Lipinski definition) is 3. The molecule has 4 rings (SSSR count). The van der Waals surface area contributed by atoms with Crippen molar-refractivity contribution in [2.75, 3.05) is 20.2 Å². The Morgan fingerprint density at radius 3 is 2.50 bits per heavy atom. The molecule has 0 radical (unpaired) electrons. The van der Waals surface area contributed by atoms with Crippen molar-refractivity contribution in [1.82, 2.24) is 9.88 Å². The average Bonchev–Trinajstić information content (AvgIpc) is 3.23. The van der Waals surface area contributed by atoms with Gasteiger partial charge in [0.2, 0.25) is 0 Å². The van der Waals surface area contributed by atoms with Gasteiger partial charge >= 0.3 is 0 Å². The van der Waals surface area contributed by atoms with Gasteiger partial charge in [-0.05, 0) is 48.4 Å². The maximum Gasteiger partial charge on any atom is 0.253 e. The van der Waals surface area contributed by atoms with Crippen LogP contribution >= 0.6 is 0 Å². The molecule has 124 valence electrons. The smallest absolute Gasteiger partial charge is 0.253 e. The fourth-order valence-corrected chi connectivity index (χ4v) is 4.16. The summed E-state index contributed by atoms with van der Waals surface area (Å²) in [6.45, 7) is 1.87. The van der Waals surface area contributed by atoms with Gasteiger partial charge in [0.05, 0.1) is 13.3 Å². The Hall–Kier alpha value is -2.36. The van der Waals surface area contributed by atoms with E-state index in [9.17, 15) is 4.79 Å². The van der Waals surface area contributed by atoms with Crippen LogP contribution in [-0.2, 0) is 0 Å². The average molecular weight is 322 g/mol. The van der Waals surface area contributed by atoms with Gasteiger partial charge < -0.3 is 9.64 Å². The molecule has 24 heavy (non-hydrogen) atoms. The van der Waals surface area contributed by atoms with Gasteiger partial charge in [0.25, 0.3) is 5.91 Å². The molecule has 2 aromatic rings. The molecule has 1 aromatic heterocycles. The zero-order valence-electron chi connectivity index (χ0n) is 13.9. The summed E-state index contributed by atoms with van der Waals surface area (Å²) in [7, 11) is 1.64. The van der Waals surface area contributed by atoms with Crippen LogP contribution in [0, 0.1) is 11.8 Å². The summed E-state index contributed by atoms with van der Waals surface area (Å²) in [6.07, 6.45) is 7.36. The van der Waals surface area contributed by atoms with Gasteiger partial charge in [0, 0.05) is 30.4 Å². The number of carbonyl (C=O) groups excluding carboxylic acids is 1. The quantitative estimate of drug-likeness (QED) is 0.866. The van der Waals surface area contributed by atoms with Gasteiger partial charge in [-0.2, -0.15) is 0 Å². The van der Waals surface area contributed by atoms with Crippen LogP contribution in [0.3, 0.4) is 0 Å². The van der Waals surface area contributed by atoms with Crippen LogP contribution < -0.4 is 4.74 Å². The number of likely N-dealkylation sites (tertiary alicyclic amines) is 1. The van der Waals surface area contributed by atoms with E-state index in [0.29, 0.717) is 0 Å². The first-order valence-corrected chi connectivity index (χ1v) is 8.64. The number of carbonyl (C=O) groups is 1. The maximum atomic E-state index is 12.7. The number of pyridine rings is 1. The molecular weight excluding hydrogens is 300 g/mol. The Labute approximate surface area is 142 Å². The number of methoxy groups -OCH3 is 1. The van der Waals surface area contributed by atoms with E-state index in [1.54, 1.807) is 19.5 Å². The molecule has 1 saturated carbocycles. The Kier molecular flexibility index (Phi) is 3.97. The molecule has 0 N–H and O–H groups in total. The van der Waals surface area contributed by atoms with Crippen LogP contribution in [-0.4, -0.2) is 36.0 Å². The summed E-state index contributed by atoms with van der Waals surface area (Å²) in [6, 6.07) is 9.75. The minimum absolute atomic E-state index is 0.164. The van der Waals surface area contributed by atoms with Crippen molar-refractivity contribution >= 4 is 5.91 Å². The number of nitrogens with zero attached hydrogens (tertiary/aromatic N) is 2. The normalized spacial score (nSPS) is 22.5. The van der Waals surface area contributed by atoms with E-state index in [2.05, 4.69) is 4.98 Å². The summed E-state index contributed by atoms with van der Waals surface area (Å²) in [5, 5.41) is 0. The monoisotopic (exact) mass is 322 g/mol. The number of aromatic nitrogens is 1. The number of amides is 1. The van der Waals surface area contributed by atoms with Crippen LogP contribution in [0.5, 0.6) is 5.75 Å². The third kappa shape index (κ3) is 2.66. The molecule has 2 aliphatic rings. The van der Waals surface area contributed by atoms with Crippen molar-refractivity contribution in [3.8, 4) is 16.9 Å². The Bertz CT molecular complexity index is 730. The maximum absolute atomic E-state index is 12.7. The standard InChI is InChI=1S/C20H22N2O2/c1-24-19-11-21-10-9-18(19)14-5-7-15(8-6-14)20(23)22-12-16-3-2-4-17(16)13-22/h5-11,16-17H,2-4,12-13H2,1H3/t16-,17+. The van der Waals surface area contributed by atoms with Crippen LogP contribution in [0.1, 0.15) is 29.6 Å². The zero-order valence-corrected chi connectivity index (χ0v) is 13.9. The van der Waals surface area contributed by atoms with E-state index in [0.717, 1.165) is 47.4 Å². The Morgan fingerprint density at radius 2 is 1.83 bits per heavy atom. The Morgan fingerprint density at radius 1 is 1.12 bits per heavy atom. The number of ether oxygens (including phenoxy) is 1. The second kappa shape index (κ2) is 6.27. The highest BCUT2D eigenvalue weighted by atomic mass is 16.5. The lowest BCUT2D eigenvalue weighted by molar-refractivity contribution is 0.0780. The third-order valence-corrected chi connectivity index (χ3v) is 5.46. The largest absolute Gasteiger partial charge is 0.494 e. The minimum atomic E-state index is 0.164. The van der Waals surface area contributed by atoms with Crippen molar-refractivity contribution in [3.63, 3.8) is 0 Å².